The lowest BCUT2D eigenvalue weighted by Crippen LogP contribution is -2.38. The first-order valence-electron chi connectivity index (χ1n) is 10.2. The fourth-order valence-corrected chi connectivity index (χ4v) is 3.43. The summed E-state index contributed by atoms with van der Waals surface area (Å²) in [6.07, 6.45) is 1.98. The van der Waals surface area contributed by atoms with Gasteiger partial charge in [0.15, 0.2) is 15.8 Å². The van der Waals surface area contributed by atoms with Crippen LogP contribution in [0.1, 0.15) is 38.8 Å². The Kier molecular flexibility index (Phi) is 10.8. The van der Waals surface area contributed by atoms with Crippen LogP contribution in [-0.2, 0) is 22.8 Å². The Morgan fingerprint density at radius 3 is 2.26 bits per heavy atom. The number of rotatable bonds is 8. The molecule has 0 heterocycles. The minimum atomic E-state index is -3.16. The minimum Gasteiger partial charge on any atom is -0.488 e. The van der Waals surface area contributed by atoms with Gasteiger partial charge in [0.2, 0.25) is 0 Å². The summed E-state index contributed by atoms with van der Waals surface area (Å²) < 4.78 is 29.2. The monoisotopic (exact) mass is 559 g/mol. The molecule has 0 amide bonds. The minimum absolute atomic E-state index is 0. The van der Waals surface area contributed by atoms with Gasteiger partial charge in [-0.25, -0.2) is 13.4 Å². The van der Waals surface area contributed by atoms with E-state index in [4.69, 9.17) is 4.74 Å². The predicted molar refractivity (Wildman–Crippen MR) is 138 cm³/mol. The van der Waals surface area contributed by atoms with Crippen molar-refractivity contribution in [1.29, 1.82) is 0 Å². The van der Waals surface area contributed by atoms with Crippen molar-refractivity contribution in [3.8, 4) is 5.75 Å². The highest BCUT2D eigenvalue weighted by Gasteiger charge is 2.14. The van der Waals surface area contributed by atoms with E-state index in [1.54, 1.807) is 12.1 Å². The summed E-state index contributed by atoms with van der Waals surface area (Å²) >= 11 is 0. The number of guanidine groups is 1. The molecule has 0 unspecified atom stereocenters. The molecule has 172 valence electrons. The number of hydrogen-bond acceptors (Lipinski definition) is 4. The molecule has 0 fully saturated rings. The van der Waals surface area contributed by atoms with Crippen LogP contribution in [0.15, 0.2) is 58.4 Å². The van der Waals surface area contributed by atoms with E-state index in [0.717, 1.165) is 35.8 Å². The molecule has 0 aromatic heterocycles. The van der Waals surface area contributed by atoms with E-state index in [0.29, 0.717) is 18.0 Å². The maximum absolute atomic E-state index is 11.6. The van der Waals surface area contributed by atoms with E-state index in [9.17, 15) is 8.42 Å². The Morgan fingerprint density at radius 2 is 1.68 bits per heavy atom. The van der Waals surface area contributed by atoms with Gasteiger partial charge in [-0.3, -0.25) is 0 Å². The van der Waals surface area contributed by atoms with Crippen LogP contribution in [-0.4, -0.2) is 39.3 Å². The van der Waals surface area contributed by atoms with Crippen molar-refractivity contribution < 1.29 is 13.2 Å². The normalized spacial score (nSPS) is 12.1. The zero-order valence-corrected chi connectivity index (χ0v) is 22.1. The first-order valence-corrected chi connectivity index (χ1v) is 12.1. The van der Waals surface area contributed by atoms with Gasteiger partial charge in [0.05, 0.1) is 11.4 Å². The fraction of sp³-hybridized carbons (Fsp3) is 0.435. The summed E-state index contributed by atoms with van der Waals surface area (Å²) in [6.45, 7) is 10.1. The van der Waals surface area contributed by atoms with Crippen molar-refractivity contribution in [1.82, 2.24) is 10.6 Å². The number of benzene rings is 2. The number of ether oxygens (including phenoxy) is 1. The van der Waals surface area contributed by atoms with Gasteiger partial charge in [0.1, 0.15) is 11.4 Å². The van der Waals surface area contributed by atoms with Crippen molar-refractivity contribution in [2.24, 2.45) is 4.99 Å². The first kappa shape index (κ1) is 27.2. The Labute approximate surface area is 203 Å². The molecule has 6 nitrogen and oxygen atoms in total. The van der Waals surface area contributed by atoms with E-state index in [2.05, 4.69) is 15.6 Å². The second-order valence-corrected chi connectivity index (χ2v) is 10.1. The number of hydrogen-bond donors (Lipinski definition) is 2. The molecule has 8 heteroatoms. The van der Waals surface area contributed by atoms with Crippen LogP contribution in [0.3, 0.4) is 0 Å². The maximum Gasteiger partial charge on any atom is 0.191 e. The smallest absolute Gasteiger partial charge is 0.191 e. The van der Waals surface area contributed by atoms with Crippen molar-refractivity contribution in [2.45, 2.75) is 51.2 Å². The lowest BCUT2D eigenvalue weighted by Gasteiger charge is -2.23. The Balaban J connectivity index is 0.00000480. The Bertz CT molecular complexity index is 953. The molecule has 0 atom stereocenters. The van der Waals surface area contributed by atoms with E-state index < -0.39 is 9.84 Å². The third-order valence-electron chi connectivity index (χ3n) is 4.20. The van der Waals surface area contributed by atoms with Crippen molar-refractivity contribution >= 4 is 39.8 Å². The van der Waals surface area contributed by atoms with Gasteiger partial charge >= 0.3 is 0 Å². The molecule has 0 aliphatic rings. The first-order chi connectivity index (χ1) is 14.1. The van der Waals surface area contributed by atoms with Crippen LogP contribution in [0.5, 0.6) is 5.75 Å². The van der Waals surface area contributed by atoms with Gasteiger partial charge in [-0.1, -0.05) is 30.3 Å². The summed E-state index contributed by atoms with van der Waals surface area (Å²) in [5.41, 5.74) is 1.82. The molecular weight excluding hydrogens is 525 g/mol. The number of nitrogens with zero attached hydrogens (tertiary/aromatic N) is 1. The molecular formula is C23H34IN3O3S. The van der Waals surface area contributed by atoms with Crippen molar-refractivity contribution in [3.05, 3.63) is 59.7 Å². The summed E-state index contributed by atoms with van der Waals surface area (Å²) in [5.74, 6) is 1.58. The third kappa shape index (κ3) is 9.90. The Hall–Kier alpha value is -1.81. The highest BCUT2D eigenvalue weighted by atomic mass is 127. The van der Waals surface area contributed by atoms with E-state index >= 15 is 0 Å². The average molecular weight is 560 g/mol. The quantitative estimate of drug-likeness (QED) is 0.288. The van der Waals surface area contributed by atoms with Crippen LogP contribution < -0.4 is 15.4 Å². The van der Waals surface area contributed by atoms with Gasteiger partial charge in [-0.2, -0.15) is 0 Å². The zero-order valence-electron chi connectivity index (χ0n) is 18.9. The standard InChI is InChI=1S/C23H33N3O3S.HI/c1-6-24-22(25-16-15-18-11-13-20(14-12-18)30(5,27)28)26-17-19-9-7-8-10-21(19)29-23(2,3)4;/h7-14H,6,15-17H2,1-5H3,(H2,24,25,26);1H. The second-order valence-electron chi connectivity index (χ2n) is 8.11. The van der Waals surface area contributed by atoms with Crippen LogP contribution >= 0.6 is 24.0 Å². The molecule has 0 aliphatic carbocycles. The molecule has 31 heavy (non-hydrogen) atoms. The number of nitrogens with one attached hydrogen (secondary N) is 2. The van der Waals surface area contributed by atoms with Gasteiger partial charge in [-0.05, 0) is 57.9 Å². The largest absolute Gasteiger partial charge is 0.488 e. The van der Waals surface area contributed by atoms with Crippen molar-refractivity contribution in [3.63, 3.8) is 0 Å². The molecule has 2 N–H and O–H groups in total. The molecule has 0 saturated carbocycles. The molecule has 2 rings (SSSR count). The maximum atomic E-state index is 11.6. The SMILES string of the molecule is CCNC(=NCc1ccccc1OC(C)(C)C)NCCc1ccc(S(C)(=O)=O)cc1.I. The molecule has 0 aliphatic heterocycles. The lowest BCUT2D eigenvalue weighted by molar-refractivity contribution is 0.129. The van der Waals surface area contributed by atoms with Crippen molar-refractivity contribution in [2.75, 3.05) is 19.3 Å². The number of para-hydroxylation sites is 1. The van der Waals surface area contributed by atoms with E-state index in [-0.39, 0.29) is 29.6 Å². The van der Waals surface area contributed by atoms with Gasteiger partial charge < -0.3 is 15.4 Å². The Morgan fingerprint density at radius 1 is 1.03 bits per heavy atom. The molecule has 2 aromatic rings. The van der Waals surface area contributed by atoms with E-state index in [1.165, 1.54) is 6.26 Å². The van der Waals surface area contributed by atoms with Crippen LogP contribution in [0.4, 0.5) is 0 Å². The zero-order chi connectivity index (χ0) is 22.2. The van der Waals surface area contributed by atoms with Crippen LogP contribution in [0, 0.1) is 0 Å². The van der Waals surface area contributed by atoms with Gasteiger partial charge in [0.25, 0.3) is 0 Å². The van der Waals surface area contributed by atoms with Crippen LogP contribution in [0.2, 0.25) is 0 Å². The number of sulfone groups is 1. The number of aliphatic imine (C=N–C) groups is 1. The molecule has 2 aromatic carbocycles. The molecule has 0 radical (unpaired) electrons. The second kappa shape index (κ2) is 12.3. The highest BCUT2D eigenvalue weighted by molar-refractivity contribution is 14.0. The molecule has 0 bridgehead atoms. The summed E-state index contributed by atoms with van der Waals surface area (Å²) in [6, 6.07) is 14.9. The number of halogens is 1. The molecule has 0 spiro atoms. The predicted octanol–water partition coefficient (Wildman–Crippen LogP) is 4.18. The highest BCUT2D eigenvalue weighted by Crippen LogP contribution is 2.23. The summed E-state index contributed by atoms with van der Waals surface area (Å²) in [4.78, 5) is 5.03. The third-order valence-corrected chi connectivity index (χ3v) is 5.33. The fourth-order valence-electron chi connectivity index (χ4n) is 2.80. The summed E-state index contributed by atoms with van der Waals surface area (Å²) in [5, 5.41) is 6.59. The lowest BCUT2D eigenvalue weighted by atomic mass is 10.1. The topological polar surface area (TPSA) is 79.8 Å². The van der Waals surface area contributed by atoms with E-state index in [1.807, 2.05) is 64.1 Å². The van der Waals surface area contributed by atoms with Gasteiger partial charge in [0, 0.05) is 24.9 Å². The van der Waals surface area contributed by atoms with Crippen LogP contribution in [0.25, 0.3) is 0 Å². The average Bonchev–Trinajstić information content (AvgIpc) is 2.65. The van der Waals surface area contributed by atoms with Gasteiger partial charge in [-0.15, -0.1) is 24.0 Å². The molecule has 0 saturated heterocycles. The summed E-state index contributed by atoms with van der Waals surface area (Å²) in [7, 11) is -3.16.